The van der Waals surface area contributed by atoms with E-state index in [0.717, 1.165) is 22.6 Å². The molecule has 1 heterocycles. The number of carbonyl (C=O) groups is 2. The number of carbonyl (C=O) groups excluding carboxylic acids is 2. The molecule has 0 bridgehead atoms. The fraction of sp³-hybridized carbons (Fsp3) is 0.316. The number of hydrazone groups is 1. The second-order valence-corrected chi connectivity index (χ2v) is 6.90. The Morgan fingerprint density at radius 2 is 1.96 bits per heavy atom. The summed E-state index contributed by atoms with van der Waals surface area (Å²) in [6, 6.07) is 7.18. The van der Waals surface area contributed by atoms with E-state index >= 15 is 0 Å². The van der Waals surface area contributed by atoms with Gasteiger partial charge in [0.2, 0.25) is 0 Å². The van der Waals surface area contributed by atoms with E-state index in [9.17, 15) is 9.59 Å². The molecule has 0 radical (unpaired) electrons. The van der Waals surface area contributed by atoms with E-state index in [2.05, 4.69) is 15.8 Å². The van der Waals surface area contributed by atoms with Crippen LogP contribution >= 0.6 is 23.2 Å². The SMILES string of the molecule is COCCCNC(=O)C(=O)N/N=C\c1cc(C)n(-c2ccc(Cl)cc2Cl)c1C. The molecule has 2 N–H and O–H groups in total. The number of benzene rings is 1. The fourth-order valence-corrected chi connectivity index (χ4v) is 3.15. The highest BCUT2D eigenvalue weighted by Gasteiger charge is 2.14. The van der Waals surface area contributed by atoms with Crippen molar-refractivity contribution in [2.75, 3.05) is 20.3 Å². The number of hydrogen-bond donors (Lipinski definition) is 2. The van der Waals surface area contributed by atoms with Gasteiger partial charge in [0, 0.05) is 42.2 Å². The molecule has 1 aromatic carbocycles. The van der Waals surface area contributed by atoms with Crippen molar-refractivity contribution in [2.45, 2.75) is 20.3 Å². The van der Waals surface area contributed by atoms with Crippen molar-refractivity contribution in [2.24, 2.45) is 5.10 Å². The van der Waals surface area contributed by atoms with E-state index in [1.165, 1.54) is 6.21 Å². The van der Waals surface area contributed by atoms with Gasteiger partial charge in [0.25, 0.3) is 0 Å². The van der Waals surface area contributed by atoms with Gasteiger partial charge in [-0.15, -0.1) is 0 Å². The lowest BCUT2D eigenvalue weighted by molar-refractivity contribution is -0.139. The summed E-state index contributed by atoms with van der Waals surface area (Å²) in [5.41, 5.74) is 5.61. The van der Waals surface area contributed by atoms with Crippen molar-refractivity contribution in [1.29, 1.82) is 0 Å². The average molecular weight is 425 g/mol. The Labute approximate surface area is 173 Å². The molecule has 1 aromatic heterocycles. The van der Waals surface area contributed by atoms with Gasteiger partial charge in [-0.25, -0.2) is 5.43 Å². The van der Waals surface area contributed by atoms with Crippen LogP contribution < -0.4 is 10.7 Å². The number of methoxy groups -OCH3 is 1. The largest absolute Gasteiger partial charge is 0.385 e. The molecular formula is C19H22Cl2N4O3. The highest BCUT2D eigenvalue weighted by atomic mass is 35.5. The maximum Gasteiger partial charge on any atom is 0.329 e. The molecule has 0 saturated heterocycles. The molecule has 0 spiro atoms. The highest BCUT2D eigenvalue weighted by Crippen LogP contribution is 2.28. The zero-order chi connectivity index (χ0) is 20.7. The second-order valence-electron chi connectivity index (χ2n) is 6.06. The van der Waals surface area contributed by atoms with Crippen LogP contribution in [0.2, 0.25) is 10.0 Å². The molecule has 2 aromatic rings. The Hall–Kier alpha value is -2.35. The normalized spacial score (nSPS) is 11.0. The Morgan fingerprint density at radius 3 is 2.64 bits per heavy atom. The zero-order valence-electron chi connectivity index (χ0n) is 15.9. The maximum atomic E-state index is 11.7. The Morgan fingerprint density at radius 1 is 1.21 bits per heavy atom. The monoisotopic (exact) mass is 424 g/mol. The number of aromatic nitrogens is 1. The number of ether oxygens (including phenoxy) is 1. The van der Waals surface area contributed by atoms with Crippen LogP contribution in [0, 0.1) is 13.8 Å². The zero-order valence-corrected chi connectivity index (χ0v) is 17.4. The van der Waals surface area contributed by atoms with Crippen LogP contribution in [0.25, 0.3) is 5.69 Å². The van der Waals surface area contributed by atoms with Gasteiger partial charge in [0.15, 0.2) is 0 Å². The minimum absolute atomic E-state index is 0.354. The summed E-state index contributed by atoms with van der Waals surface area (Å²) < 4.78 is 6.84. The Bertz CT molecular complexity index is 894. The smallest absolute Gasteiger partial charge is 0.329 e. The molecule has 2 rings (SSSR count). The first-order valence-corrected chi connectivity index (χ1v) is 9.35. The van der Waals surface area contributed by atoms with Crippen LogP contribution in [-0.4, -0.2) is 42.9 Å². The van der Waals surface area contributed by atoms with Crippen molar-refractivity contribution >= 4 is 41.2 Å². The number of halogens is 2. The number of nitrogens with one attached hydrogen (secondary N) is 2. The summed E-state index contributed by atoms with van der Waals surface area (Å²) in [6.45, 7) is 4.70. The third kappa shape index (κ3) is 5.58. The van der Waals surface area contributed by atoms with Crippen LogP contribution in [-0.2, 0) is 14.3 Å². The lowest BCUT2D eigenvalue weighted by Gasteiger charge is -2.11. The fourth-order valence-electron chi connectivity index (χ4n) is 2.66. The number of aryl methyl sites for hydroxylation is 1. The van der Waals surface area contributed by atoms with Crippen molar-refractivity contribution in [1.82, 2.24) is 15.3 Å². The van der Waals surface area contributed by atoms with Crippen molar-refractivity contribution in [3.8, 4) is 5.69 Å². The molecule has 28 heavy (non-hydrogen) atoms. The second kappa shape index (κ2) is 10.3. The summed E-state index contributed by atoms with van der Waals surface area (Å²) in [5.74, 6) is -1.57. The van der Waals surface area contributed by atoms with Gasteiger partial charge < -0.3 is 14.6 Å². The Balaban J connectivity index is 2.05. The summed E-state index contributed by atoms with van der Waals surface area (Å²) in [5, 5.41) is 7.44. The molecule has 0 unspecified atom stereocenters. The predicted molar refractivity (Wildman–Crippen MR) is 111 cm³/mol. The minimum atomic E-state index is -0.830. The van der Waals surface area contributed by atoms with Gasteiger partial charge in [-0.3, -0.25) is 9.59 Å². The summed E-state index contributed by atoms with van der Waals surface area (Å²) >= 11 is 12.3. The molecule has 0 aliphatic heterocycles. The molecule has 2 amide bonds. The lowest BCUT2D eigenvalue weighted by Crippen LogP contribution is -2.38. The van der Waals surface area contributed by atoms with Crippen LogP contribution in [0.4, 0.5) is 0 Å². The van der Waals surface area contributed by atoms with E-state index < -0.39 is 11.8 Å². The molecule has 7 nitrogen and oxygen atoms in total. The van der Waals surface area contributed by atoms with Crippen LogP contribution in [0.3, 0.4) is 0 Å². The van der Waals surface area contributed by atoms with Gasteiger partial charge in [-0.2, -0.15) is 5.10 Å². The summed E-state index contributed by atoms with van der Waals surface area (Å²) in [7, 11) is 1.57. The van der Waals surface area contributed by atoms with Gasteiger partial charge in [-0.1, -0.05) is 23.2 Å². The third-order valence-corrected chi connectivity index (χ3v) is 4.55. The molecule has 0 fully saturated rings. The van der Waals surface area contributed by atoms with E-state index in [4.69, 9.17) is 27.9 Å². The third-order valence-electron chi connectivity index (χ3n) is 4.01. The molecule has 0 saturated carbocycles. The molecular weight excluding hydrogens is 403 g/mol. The van der Waals surface area contributed by atoms with E-state index in [1.54, 1.807) is 19.2 Å². The first-order valence-electron chi connectivity index (χ1n) is 8.59. The maximum absolute atomic E-state index is 11.7. The minimum Gasteiger partial charge on any atom is -0.385 e. The van der Waals surface area contributed by atoms with Gasteiger partial charge in [0.1, 0.15) is 0 Å². The average Bonchev–Trinajstić information content (AvgIpc) is 2.92. The Kier molecular flexibility index (Phi) is 8.04. The standard InChI is InChI=1S/C19H22Cl2N4O3/c1-12-9-14(11-23-24-19(27)18(26)22-7-4-8-28-3)13(2)25(12)17-6-5-15(20)10-16(17)21/h5-6,9-11H,4,7-8H2,1-3H3,(H,22,26)(H,24,27)/b23-11-. The van der Waals surface area contributed by atoms with E-state index in [0.29, 0.717) is 29.6 Å². The van der Waals surface area contributed by atoms with Crippen molar-refractivity contribution in [3.63, 3.8) is 0 Å². The number of nitrogens with zero attached hydrogens (tertiary/aromatic N) is 2. The van der Waals surface area contributed by atoms with Crippen molar-refractivity contribution < 1.29 is 14.3 Å². The molecule has 9 heteroatoms. The predicted octanol–water partition coefficient (Wildman–Crippen LogP) is 3.00. The van der Waals surface area contributed by atoms with Gasteiger partial charge in [-0.05, 0) is 44.5 Å². The first kappa shape index (κ1) is 21.9. The number of amides is 2. The molecule has 0 atom stereocenters. The lowest BCUT2D eigenvalue weighted by atomic mass is 10.2. The van der Waals surface area contributed by atoms with Crippen molar-refractivity contribution in [3.05, 3.63) is 51.3 Å². The highest BCUT2D eigenvalue weighted by molar-refractivity contribution is 6.36. The molecule has 150 valence electrons. The quantitative estimate of drug-likeness (QED) is 0.310. The molecule has 0 aliphatic carbocycles. The summed E-state index contributed by atoms with van der Waals surface area (Å²) in [4.78, 5) is 23.4. The van der Waals surface area contributed by atoms with Crippen LogP contribution in [0.5, 0.6) is 0 Å². The topological polar surface area (TPSA) is 84.7 Å². The summed E-state index contributed by atoms with van der Waals surface area (Å²) in [6.07, 6.45) is 2.11. The van der Waals surface area contributed by atoms with Gasteiger partial charge in [0.05, 0.1) is 16.9 Å². The number of hydrogen-bond acceptors (Lipinski definition) is 4. The van der Waals surface area contributed by atoms with E-state index in [1.807, 2.05) is 30.5 Å². The van der Waals surface area contributed by atoms with Crippen LogP contribution in [0.1, 0.15) is 23.4 Å². The molecule has 0 aliphatic rings. The number of rotatable bonds is 7. The van der Waals surface area contributed by atoms with Gasteiger partial charge >= 0.3 is 11.8 Å². The van der Waals surface area contributed by atoms with E-state index in [-0.39, 0.29) is 0 Å². The first-order chi connectivity index (χ1) is 13.3. The van der Waals surface area contributed by atoms with Crippen LogP contribution in [0.15, 0.2) is 29.4 Å².